The molecule has 2 heterocycles. The van der Waals surface area contributed by atoms with E-state index in [1.54, 1.807) is 19.1 Å². The second-order valence-corrected chi connectivity index (χ2v) is 6.51. The number of H-pyrrole nitrogens is 1. The van der Waals surface area contributed by atoms with Crippen molar-refractivity contribution in [3.8, 4) is 0 Å². The molecule has 8 heteroatoms. The molecule has 0 spiro atoms. The van der Waals surface area contributed by atoms with Crippen molar-refractivity contribution < 1.29 is 19.4 Å². The average Bonchev–Trinajstić information content (AvgIpc) is 3.18. The van der Waals surface area contributed by atoms with Gasteiger partial charge < -0.3 is 9.84 Å². The van der Waals surface area contributed by atoms with E-state index < -0.39 is 17.9 Å². The van der Waals surface area contributed by atoms with E-state index in [1.165, 1.54) is 17.5 Å². The quantitative estimate of drug-likeness (QED) is 0.806. The van der Waals surface area contributed by atoms with Crippen LogP contribution in [0.15, 0.2) is 6.20 Å². The Kier molecular flexibility index (Phi) is 4.75. The van der Waals surface area contributed by atoms with Crippen molar-refractivity contribution in [1.82, 2.24) is 15.2 Å². The maximum atomic E-state index is 11.8. The van der Waals surface area contributed by atoms with Crippen LogP contribution in [0.1, 0.15) is 57.3 Å². The van der Waals surface area contributed by atoms with Crippen LogP contribution < -0.4 is 0 Å². The van der Waals surface area contributed by atoms with Crippen molar-refractivity contribution in [1.29, 1.82) is 0 Å². The fourth-order valence-corrected chi connectivity index (χ4v) is 3.77. The van der Waals surface area contributed by atoms with E-state index in [0.717, 1.165) is 22.7 Å². The Morgan fingerprint density at radius 3 is 3.08 bits per heavy atom. The summed E-state index contributed by atoms with van der Waals surface area (Å²) in [7, 11) is 0. The van der Waals surface area contributed by atoms with Gasteiger partial charge in [-0.25, -0.2) is 9.78 Å². The van der Waals surface area contributed by atoms with E-state index in [2.05, 4.69) is 15.2 Å². The van der Waals surface area contributed by atoms with E-state index in [1.807, 2.05) is 0 Å². The lowest BCUT2D eigenvalue weighted by Crippen LogP contribution is -2.17. The highest BCUT2D eigenvalue weighted by molar-refractivity contribution is 7.12. The zero-order valence-electron chi connectivity index (χ0n) is 13.1. The highest BCUT2D eigenvalue weighted by atomic mass is 32.1. The highest BCUT2D eigenvalue weighted by Crippen LogP contribution is 2.35. The molecule has 0 saturated carbocycles. The minimum atomic E-state index is -0.823. The number of hydrogen-bond acceptors (Lipinski definition) is 6. The number of aliphatic carboxylic acids is 1. The molecule has 2 aromatic heterocycles. The van der Waals surface area contributed by atoms with Crippen molar-refractivity contribution in [2.24, 2.45) is 0 Å². The molecule has 1 aliphatic carbocycles. The van der Waals surface area contributed by atoms with Gasteiger partial charge in [0.2, 0.25) is 0 Å². The van der Waals surface area contributed by atoms with Gasteiger partial charge in [0.05, 0.1) is 24.4 Å². The van der Waals surface area contributed by atoms with E-state index in [9.17, 15) is 14.7 Å². The molecule has 0 amide bonds. The first-order valence-corrected chi connectivity index (χ1v) is 8.52. The lowest BCUT2D eigenvalue weighted by molar-refractivity contribution is -0.139. The summed E-state index contributed by atoms with van der Waals surface area (Å²) in [6.07, 6.45) is 7.40. The number of thiazole rings is 1. The number of hydrogen-bond donors (Lipinski definition) is 2. The van der Waals surface area contributed by atoms with Crippen LogP contribution in [-0.2, 0) is 16.0 Å². The van der Waals surface area contributed by atoms with Crippen LogP contribution >= 0.6 is 11.3 Å². The Morgan fingerprint density at radius 2 is 2.33 bits per heavy atom. The molecule has 2 N–H and O–H groups in total. The Morgan fingerprint density at radius 1 is 1.50 bits per heavy atom. The molecule has 0 bridgehead atoms. The second kappa shape index (κ2) is 6.96. The normalized spacial score (nSPS) is 17.0. The van der Waals surface area contributed by atoms with Gasteiger partial charge in [0.25, 0.3) is 0 Å². The first-order chi connectivity index (χ1) is 11.6. The maximum Gasteiger partial charge on any atom is 0.356 e. The summed E-state index contributed by atoms with van der Waals surface area (Å²) < 4.78 is 4.96. The molecule has 2 aromatic rings. The van der Waals surface area contributed by atoms with Gasteiger partial charge in [-0.1, -0.05) is 0 Å². The first kappa shape index (κ1) is 16.4. The summed E-state index contributed by atoms with van der Waals surface area (Å²) in [5, 5.41) is 16.5. The molecule has 3 rings (SSSR count). The number of nitrogens with one attached hydrogen (secondary N) is 1. The number of carboxylic acids is 1. The Bertz CT molecular complexity index is 793. The molecule has 1 unspecified atom stereocenters. The number of ether oxygens (including phenoxy) is 1. The van der Waals surface area contributed by atoms with Crippen molar-refractivity contribution in [3.63, 3.8) is 0 Å². The molecule has 0 radical (unpaired) electrons. The summed E-state index contributed by atoms with van der Waals surface area (Å²) in [5.41, 5.74) is 1.57. The monoisotopic (exact) mass is 347 g/mol. The third-order valence-electron chi connectivity index (χ3n) is 3.82. The number of aryl methyl sites for hydroxylation is 1. The Labute approximate surface area is 142 Å². The molecule has 1 aliphatic rings. The lowest BCUT2D eigenvalue weighted by atomic mass is 9.91. The van der Waals surface area contributed by atoms with Crippen LogP contribution in [0.5, 0.6) is 0 Å². The van der Waals surface area contributed by atoms with Crippen LogP contribution in [0.4, 0.5) is 0 Å². The summed E-state index contributed by atoms with van der Waals surface area (Å²) in [6.45, 7) is 2.03. The smallest absolute Gasteiger partial charge is 0.356 e. The molecule has 24 heavy (non-hydrogen) atoms. The van der Waals surface area contributed by atoms with E-state index in [0.29, 0.717) is 17.7 Å². The van der Waals surface area contributed by atoms with Gasteiger partial charge in [-0.2, -0.15) is 5.10 Å². The second-order valence-electron chi connectivity index (χ2n) is 5.40. The predicted octanol–water partition coefficient (Wildman–Crippen LogP) is 2.72. The summed E-state index contributed by atoms with van der Waals surface area (Å²) >= 11 is 1.49. The molecule has 0 aromatic carbocycles. The number of carboxylic acid groups (broad SMARTS) is 1. The molecule has 0 fully saturated rings. The average molecular weight is 347 g/mol. The molecular formula is C16H17N3O4S. The minimum absolute atomic E-state index is 0.288. The summed E-state index contributed by atoms with van der Waals surface area (Å²) in [4.78, 5) is 28.6. The SMILES string of the molecule is CCOC(=O)c1[nH]ncc1/C=C/c1nc2c(s1)CCCC2C(=O)O. The van der Waals surface area contributed by atoms with Gasteiger partial charge in [0.1, 0.15) is 5.01 Å². The van der Waals surface area contributed by atoms with Gasteiger partial charge >= 0.3 is 11.9 Å². The molecular weight excluding hydrogens is 330 g/mol. The number of rotatable bonds is 5. The number of carbonyl (C=O) groups excluding carboxylic acids is 1. The van der Waals surface area contributed by atoms with Gasteiger partial charge in [0, 0.05) is 10.4 Å². The van der Waals surface area contributed by atoms with E-state index in [-0.39, 0.29) is 12.3 Å². The van der Waals surface area contributed by atoms with Gasteiger partial charge in [-0.3, -0.25) is 9.89 Å². The zero-order chi connectivity index (χ0) is 17.1. The van der Waals surface area contributed by atoms with Crippen LogP contribution in [0.3, 0.4) is 0 Å². The van der Waals surface area contributed by atoms with Crippen molar-refractivity contribution in [3.05, 3.63) is 33.0 Å². The molecule has 0 aliphatic heterocycles. The Balaban J connectivity index is 1.83. The van der Waals surface area contributed by atoms with Crippen molar-refractivity contribution in [2.75, 3.05) is 6.61 Å². The third-order valence-corrected chi connectivity index (χ3v) is 4.92. The van der Waals surface area contributed by atoms with Gasteiger partial charge in [-0.15, -0.1) is 11.3 Å². The molecule has 0 saturated heterocycles. The van der Waals surface area contributed by atoms with E-state index in [4.69, 9.17) is 4.74 Å². The zero-order valence-corrected chi connectivity index (χ0v) is 13.9. The van der Waals surface area contributed by atoms with Gasteiger partial charge in [-0.05, 0) is 38.3 Å². The van der Waals surface area contributed by atoms with Crippen molar-refractivity contribution >= 4 is 35.4 Å². The number of aromatic amines is 1. The molecule has 7 nitrogen and oxygen atoms in total. The fourth-order valence-electron chi connectivity index (χ4n) is 2.70. The molecule has 1 atom stereocenters. The van der Waals surface area contributed by atoms with Crippen LogP contribution in [0.25, 0.3) is 12.2 Å². The van der Waals surface area contributed by atoms with Gasteiger partial charge in [0.15, 0.2) is 5.69 Å². The fraction of sp³-hybridized carbons (Fsp3) is 0.375. The number of fused-ring (bicyclic) bond motifs is 1. The van der Waals surface area contributed by atoms with Crippen LogP contribution in [0.2, 0.25) is 0 Å². The van der Waals surface area contributed by atoms with Crippen LogP contribution in [0, 0.1) is 0 Å². The topological polar surface area (TPSA) is 105 Å². The number of carbonyl (C=O) groups is 2. The number of nitrogens with zero attached hydrogens (tertiary/aromatic N) is 2. The number of aromatic nitrogens is 3. The number of esters is 1. The Hall–Kier alpha value is -2.48. The maximum absolute atomic E-state index is 11.8. The standard InChI is InChI=1S/C16H17N3O4S/c1-2-23-16(22)13-9(8-17-19-13)6-7-12-18-14-10(15(20)21)4-3-5-11(14)24-12/h6-8,10H,2-5H2,1H3,(H,17,19)(H,20,21)/b7-6+. The summed E-state index contributed by atoms with van der Waals surface area (Å²) in [6, 6.07) is 0. The van der Waals surface area contributed by atoms with E-state index >= 15 is 0 Å². The molecule has 126 valence electrons. The van der Waals surface area contributed by atoms with Crippen LogP contribution in [-0.4, -0.2) is 38.8 Å². The highest BCUT2D eigenvalue weighted by Gasteiger charge is 2.29. The van der Waals surface area contributed by atoms with Crippen molar-refractivity contribution in [2.45, 2.75) is 32.1 Å². The third kappa shape index (κ3) is 3.23. The minimum Gasteiger partial charge on any atom is -0.481 e. The lowest BCUT2D eigenvalue weighted by Gasteiger charge is -2.16. The largest absolute Gasteiger partial charge is 0.481 e. The summed E-state index contributed by atoms with van der Waals surface area (Å²) in [5.74, 6) is -1.80. The predicted molar refractivity (Wildman–Crippen MR) is 88.9 cm³/mol. The first-order valence-electron chi connectivity index (χ1n) is 7.71.